The van der Waals surface area contributed by atoms with E-state index < -0.39 is 5.60 Å². The Hall–Kier alpha value is -2.94. The van der Waals surface area contributed by atoms with Gasteiger partial charge in [-0.1, -0.05) is 78.3 Å². The summed E-state index contributed by atoms with van der Waals surface area (Å²) in [4.78, 5) is 4.69. The molecule has 0 spiro atoms. The Morgan fingerprint density at radius 1 is 0.875 bits per heavy atom. The third-order valence-corrected chi connectivity index (χ3v) is 5.90. The van der Waals surface area contributed by atoms with Crippen molar-refractivity contribution >= 4 is 34.7 Å². The topological polar surface area (TPSA) is 33.1 Å². The number of halogens is 1. The van der Waals surface area contributed by atoms with Crippen molar-refractivity contribution in [3.8, 4) is 0 Å². The van der Waals surface area contributed by atoms with E-state index in [2.05, 4.69) is 42.5 Å². The van der Waals surface area contributed by atoms with Crippen LogP contribution in [0.1, 0.15) is 48.2 Å². The van der Waals surface area contributed by atoms with Crippen molar-refractivity contribution in [2.45, 2.75) is 38.7 Å². The molecule has 1 heterocycles. The average molecular weight is 442 g/mol. The van der Waals surface area contributed by atoms with E-state index >= 15 is 0 Å². The number of hydrogen-bond acceptors (Lipinski definition) is 2. The smallest absolute Gasteiger partial charge is 0.0843 e. The van der Waals surface area contributed by atoms with Gasteiger partial charge >= 0.3 is 0 Å². The molecule has 0 aliphatic carbocycles. The van der Waals surface area contributed by atoms with Crippen molar-refractivity contribution in [1.29, 1.82) is 0 Å². The van der Waals surface area contributed by atoms with Crippen LogP contribution in [0.2, 0.25) is 5.02 Å². The van der Waals surface area contributed by atoms with Crippen LogP contribution in [0, 0.1) is 0 Å². The summed E-state index contributed by atoms with van der Waals surface area (Å²) >= 11 is 6.10. The lowest BCUT2D eigenvalue weighted by molar-refractivity contribution is 0.0776. The fourth-order valence-electron chi connectivity index (χ4n) is 4.05. The molecule has 162 valence electrons. The molecule has 0 aliphatic heterocycles. The zero-order valence-corrected chi connectivity index (χ0v) is 19.3. The highest BCUT2D eigenvalue weighted by Gasteiger charge is 2.18. The van der Waals surface area contributed by atoms with E-state index in [0.717, 1.165) is 47.0 Å². The Kier molecular flexibility index (Phi) is 6.74. The van der Waals surface area contributed by atoms with E-state index in [4.69, 9.17) is 16.6 Å². The van der Waals surface area contributed by atoms with E-state index in [1.165, 1.54) is 11.1 Å². The van der Waals surface area contributed by atoms with Crippen LogP contribution < -0.4 is 0 Å². The van der Waals surface area contributed by atoms with Gasteiger partial charge in [-0.25, -0.2) is 4.98 Å². The molecule has 2 nitrogen and oxygen atoms in total. The largest absolute Gasteiger partial charge is 0.386 e. The minimum absolute atomic E-state index is 0.698. The highest BCUT2D eigenvalue weighted by molar-refractivity contribution is 6.31. The van der Waals surface area contributed by atoms with Crippen molar-refractivity contribution in [2.75, 3.05) is 0 Å². The molecule has 1 N–H and O–H groups in total. The maximum atomic E-state index is 10.4. The van der Waals surface area contributed by atoms with E-state index in [-0.39, 0.29) is 0 Å². The fraction of sp³-hybridized carbons (Fsp3) is 0.207. The van der Waals surface area contributed by atoms with Gasteiger partial charge in [0, 0.05) is 10.4 Å². The number of aryl methyl sites for hydroxylation is 2. The summed E-state index contributed by atoms with van der Waals surface area (Å²) in [6, 6.07) is 26.7. The van der Waals surface area contributed by atoms with Gasteiger partial charge in [0.05, 0.1) is 16.8 Å². The first-order valence-electron chi connectivity index (χ1n) is 11.0. The van der Waals surface area contributed by atoms with Gasteiger partial charge < -0.3 is 5.11 Å². The van der Waals surface area contributed by atoms with Gasteiger partial charge in [0.2, 0.25) is 0 Å². The molecule has 4 aromatic rings. The number of rotatable bonds is 7. The Morgan fingerprint density at radius 3 is 2.53 bits per heavy atom. The van der Waals surface area contributed by atoms with Gasteiger partial charge in [-0.3, -0.25) is 0 Å². The normalized spacial score (nSPS) is 12.0. The number of aliphatic hydroxyl groups is 1. The first-order chi connectivity index (χ1) is 15.4. The molecule has 0 unspecified atom stereocenters. The second kappa shape index (κ2) is 9.68. The molecular weight excluding hydrogens is 414 g/mol. The zero-order valence-electron chi connectivity index (χ0n) is 18.6. The number of nitrogens with zero attached hydrogens (tertiary/aromatic N) is 1. The maximum Gasteiger partial charge on any atom is 0.0843 e. The highest BCUT2D eigenvalue weighted by atomic mass is 35.5. The van der Waals surface area contributed by atoms with Gasteiger partial charge in [-0.2, -0.15) is 0 Å². The Morgan fingerprint density at radius 2 is 1.69 bits per heavy atom. The van der Waals surface area contributed by atoms with Crippen LogP contribution in [0.15, 0.2) is 78.9 Å². The molecule has 0 bridgehead atoms. The predicted octanol–water partition coefficient (Wildman–Crippen LogP) is 7.46. The molecule has 0 saturated carbocycles. The van der Waals surface area contributed by atoms with Gasteiger partial charge in [0.25, 0.3) is 0 Å². The second-order valence-electron chi connectivity index (χ2n) is 8.72. The summed E-state index contributed by atoms with van der Waals surface area (Å²) in [7, 11) is 0. The molecule has 0 fully saturated rings. The SMILES string of the molecule is CC(C)(O)c1ccccc1CCCc1cccc(/C=C\c2ccc3ccc(Cl)cc3n2)c1. The van der Waals surface area contributed by atoms with E-state index in [1.54, 1.807) is 0 Å². The minimum Gasteiger partial charge on any atom is -0.386 e. The summed E-state index contributed by atoms with van der Waals surface area (Å²) in [6.07, 6.45) is 7.12. The van der Waals surface area contributed by atoms with Gasteiger partial charge in [-0.05, 0) is 79.6 Å². The minimum atomic E-state index is -0.816. The number of fused-ring (bicyclic) bond motifs is 1. The van der Waals surface area contributed by atoms with Crippen LogP contribution >= 0.6 is 11.6 Å². The van der Waals surface area contributed by atoms with E-state index in [1.807, 2.05) is 62.4 Å². The van der Waals surface area contributed by atoms with Gasteiger partial charge in [0.1, 0.15) is 0 Å². The summed E-state index contributed by atoms with van der Waals surface area (Å²) in [5.41, 5.74) is 5.70. The summed E-state index contributed by atoms with van der Waals surface area (Å²) in [5, 5.41) is 12.2. The third kappa shape index (κ3) is 5.64. The average Bonchev–Trinajstić information content (AvgIpc) is 2.77. The van der Waals surface area contributed by atoms with Crippen molar-refractivity contribution in [3.63, 3.8) is 0 Å². The fourth-order valence-corrected chi connectivity index (χ4v) is 4.22. The number of hydrogen-bond donors (Lipinski definition) is 1. The quantitative estimate of drug-likeness (QED) is 0.322. The first kappa shape index (κ1) is 22.3. The molecule has 3 aromatic carbocycles. The molecule has 0 radical (unpaired) electrons. The predicted molar refractivity (Wildman–Crippen MR) is 136 cm³/mol. The standard InChI is InChI=1S/C29H28ClNO/c1-29(2,32)27-12-4-3-10-23(27)11-6-9-21-7-5-8-22(19-21)13-17-26-18-15-24-14-16-25(30)20-28(24)31-26/h3-5,7-8,10,12-20,32H,6,9,11H2,1-2H3/b17-13-. The van der Waals surface area contributed by atoms with Crippen LogP contribution in [0.3, 0.4) is 0 Å². The highest BCUT2D eigenvalue weighted by Crippen LogP contribution is 2.25. The van der Waals surface area contributed by atoms with Crippen LogP contribution in [0.25, 0.3) is 23.1 Å². The third-order valence-electron chi connectivity index (χ3n) is 5.66. The summed E-state index contributed by atoms with van der Waals surface area (Å²) < 4.78 is 0. The monoisotopic (exact) mass is 441 g/mol. The lowest BCUT2D eigenvalue weighted by atomic mass is 9.90. The number of benzene rings is 3. The molecule has 3 heteroatoms. The molecule has 0 aliphatic rings. The summed E-state index contributed by atoms with van der Waals surface area (Å²) in [6.45, 7) is 3.70. The lowest BCUT2D eigenvalue weighted by Gasteiger charge is -2.21. The maximum absolute atomic E-state index is 10.4. The summed E-state index contributed by atoms with van der Waals surface area (Å²) in [5.74, 6) is 0. The van der Waals surface area contributed by atoms with Crippen LogP contribution in [-0.4, -0.2) is 10.1 Å². The molecule has 1 aromatic heterocycles. The molecule has 0 saturated heterocycles. The van der Waals surface area contributed by atoms with Gasteiger partial charge in [0.15, 0.2) is 0 Å². The lowest BCUT2D eigenvalue weighted by Crippen LogP contribution is -2.18. The van der Waals surface area contributed by atoms with Crippen molar-refractivity contribution in [3.05, 3.63) is 112 Å². The number of pyridine rings is 1. The molecule has 4 rings (SSSR count). The molecule has 32 heavy (non-hydrogen) atoms. The van der Waals surface area contributed by atoms with Crippen molar-refractivity contribution in [2.24, 2.45) is 0 Å². The Balaban J connectivity index is 1.42. The van der Waals surface area contributed by atoms with Crippen LogP contribution in [-0.2, 0) is 18.4 Å². The van der Waals surface area contributed by atoms with Crippen molar-refractivity contribution in [1.82, 2.24) is 4.98 Å². The first-order valence-corrected chi connectivity index (χ1v) is 11.4. The van der Waals surface area contributed by atoms with E-state index in [9.17, 15) is 5.11 Å². The van der Waals surface area contributed by atoms with Crippen molar-refractivity contribution < 1.29 is 5.11 Å². The Labute approximate surface area is 195 Å². The number of aromatic nitrogens is 1. The molecular formula is C29H28ClNO. The van der Waals surface area contributed by atoms with Crippen LogP contribution in [0.4, 0.5) is 0 Å². The molecule has 0 amide bonds. The zero-order chi connectivity index (χ0) is 22.6. The Bertz CT molecular complexity index is 1250. The van der Waals surface area contributed by atoms with E-state index in [0.29, 0.717) is 5.02 Å². The van der Waals surface area contributed by atoms with Gasteiger partial charge in [-0.15, -0.1) is 0 Å². The van der Waals surface area contributed by atoms with Crippen LogP contribution in [0.5, 0.6) is 0 Å². The molecule has 0 atom stereocenters. The second-order valence-corrected chi connectivity index (χ2v) is 9.16.